The van der Waals surface area contributed by atoms with Crippen LogP contribution in [0.1, 0.15) is 25.0 Å². The van der Waals surface area contributed by atoms with Crippen LogP contribution in [0.2, 0.25) is 0 Å². The van der Waals surface area contributed by atoms with Gasteiger partial charge in [-0.25, -0.2) is 18.1 Å². The lowest BCUT2D eigenvalue weighted by Crippen LogP contribution is -2.40. The first-order chi connectivity index (χ1) is 14.4. The highest BCUT2D eigenvalue weighted by atomic mass is 127. The summed E-state index contributed by atoms with van der Waals surface area (Å²) in [6, 6.07) is 16.8. The van der Waals surface area contributed by atoms with E-state index >= 15 is 0 Å². The molecule has 0 amide bonds. The van der Waals surface area contributed by atoms with Gasteiger partial charge < -0.3 is 15.4 Å². The molecule has 2 aromatic rings. The predicted molar refractivity (Wildman–Crippen MR) is 136 cm³/mol. The van der Waals surface area contributed by atoms with E-state index in [1.165, 1.54) is 12.6 Å². The van der Waals surface area contributed by atoms with Crippen LogP contribution >= 0.6 is 24.0 Å². The smallest absolute Gasteiger partial charge is 0.240 e. The Hall–Kier alpha value is -1.69. The Labute approximate surface area is 203 Å². The molecule has 0 aliphatic rings. The molecular weight excluding hydrogens is 527 g/mol. The second-order valence-corrected chi connectivity index (χ2v) is 8.92. The fraction of sp³-hybridized carbons (Fsp3) is 0.409. The molecule has 0 radical (unpaired) electrons. The molecule has 1 unspecified atom stereocenters. The van der Waals surface area contributed by atoms with E-state index in [4.69, 9.17) is 4.74 Å². The third kappa shape index (κ3) is 9.98. The lowest BCUT2D eigenvalue weighted by atomic mass is 10.2. The second-order valence-electron chi connectivity index (χ2n) is 7.03. The second kappa shape index (κ2) is 14.4. The predicted octanol–water partition coefficient (Wildman–Crippen LogP) is 3.12. The molecule has 0 saturated heterocycles. The zero-order valence-corrected chi connectivity index (χ0v) is 21.4. The number of benzene rings is 2. The maximum Gasteiger partial charge on any atom is 0.240 e. The van der Waals surface area contributed by atoms with E-state index in [0.29, 0.717) is 25.7 Å². The molecule has 2 rings (SSSR count). The minimum absolute atomic E-state index is 0. The van der Waals surface area contributed by atoms with Gasteiger partial charge in [-0.3, -0.25) is 0 Å². The molecule has 0 saturated carbocycles. The topological polar surface area (TPSA) is 91.8 Å². The Balaban J connectivity index is 0.00000480. The van der Waals surface area contributed by atoms with E-state index in [2.05, 4.69) is 39.4 Å². The molecule has 0 heterocycles. The van der Waals surface area contributed by atoms with Crippen molar-refractivity contribution in [3.05, 3.63) is 65.7 Å². The van der Waals surface area contributed by atoms with Crippen LogP contribution in [0.3, 0.4) is 0 Å². The SMILES string of the molecule is CCNC(=NCc1ccc(S(=O)(=O)NC)cc1)NCC(C)COCc1ccccc1.I. The average Bonchev–Trinajstić information content (AvgIpc) is 2.76. The van der Waals surface area contributed by atoms with Gasteiger partial charge in [0.1, 0.15) is 0 Å². The van der Waals surface area contributed by atoms with Crippen molar-refractivity contribution < 1.29 is 13.2 Å². The Morgan fingerprint density at radius 1 is 1.03 bits per heavy atom. The highest BCUT2D eigenvalue weighted by Gasteiger charge is 2.10. The maximum absolute atomic E-state index is 11.8. The number of hydrogen-bond donors (Lipinski definition) is 3. The standard InChI is InChI=1S/C22H32N4O3S.HI/c1-4-24-22(25-14-18(2)16-29-17-20-8-6-5-7-9-20)26-15-19-10-12-21(13-11-19)30(27,28)23-3;/h5-13,18,23H,4,14-17H2,1-3H3,(H2,24,25,26);1H. The van der Waals surface area contributed by atoms with E-state index in [-0.39, 0.29) is 28.9 Å². The first-order valence-electron chi connectivity index (χ1n) is 10.1. The first kappa shape index (κ1) is 27.3. The molecule has 9 heteroatoms. The number of nitrogens with zero attached hydrogens (tertiary/aromatic N) is 1. The summed E-state index contributed by atoms with van der Waals surface area (Å²) in [5.41, 5.74) is 2.10. The van der Waals surface area contributed by atoms with Crippen molar-refractivity contribution >= 4 is 40.0 Å². The summed E-state index contributed by atoms with van der Waals surface area (Å²) < 4.78 is 31.7. The fourth-order valence-electron chi connectivity index (χ4n) is 2.69. The summed E-state index contributed by atoms with van der Waals surface area (Å²) in [5, 5.41) is 6.56. The molecular formula is C22H33IN4O3S. The van der Waals surface area contributed by atoms with Gasteiger partial charge in [-0.2, -0.15) is 0 Å². The molecule has 172 valence electrons. The summed E-state index contributed by atoms with van der Waals surface area (Å²) >= 11 is 0. The molecule has 0 spiro atoms. The maximum atomic E-state index is 11.8. The summed E-state index contributed by atoms with van der Waals surface area (Å²) in [7, 11) is -2.02. The van der Waals surface area contributed by atoms with Gasteiger partial charge in [0, 0.05) is 13.1 Å². The van der Waals surface area contributed by atoms with Crippen LogP contribution in [0.4, 0.5) is 0 Å². The van der Waals surface area contributed by atoms with Crippen LogP contribution in [0.25, 0.3) is 0 Å². The monoisotopic (exact) mass is 560 g/mol. The normalized spacial score (nSPS) is 12.7. The number of sulfonamides is 1. The number of rotatable bonds is 11. The van der Waals surface area contributed by atoms with Crippen molar-refractivity contribution in [2.75, 3.05) is 26.7 Å². The highest BCUT2D eigenvalue weighted by molar-refractivity contribution is 14.0. The van der Waals surface area contributed by atoms with Gasteiger partial charge in [0.25, 0.3) is 0 Å². The van der Waals surface area contributed by atoms with Crippen LogP contribution in [-0.2, 0) is 27.9 Å². The number of aliphatic imine (C=N–C) groups is 1. The molecule has 31 heavy (non-hydrogen) atoms. The zero-order valence-electron chi connectivity index (χ0n) is 18.3. The van der Waals surface area contributed by atoms with Crippen molar-refractivity contribution in [3.63, 3.8) is 0 Å². The molecule has 2 aromatic carbocycles. The number of ether oxygens (including phenoxy) is 1. The molecule has 3 N–H and O–H groups in total. The van der Waals surface area contributed by atoms with E-state index < -0.39 is 10.0 Å². The number of halogens is 1. The third-order valence-corrected chi connectivity index (χ3v) is 5.83. The van der Waals surface area contributed by atoms with Crippen LogP contribution in [0.15, 0.2) is 64.5 Å². The van der Waals surface area contributed by atoms with Gasteiger partial charge in [-0.15, -0.1) is 24.0 Å². The number of hydrogen-bond acceptors (Lipinski definition) is 4. The quantitative estimate of drug-likeness (QED) is 0.223. The van der Waals surface area contributed by atoms with E-state index in [1.54, 1.807) is 24.3 Å². The Bertz CT molecular complexity index is 891. The number of nitrogens with one attached hydrogen (secondary N) is 3. The Morgan fingerprint density at radius 3 is 2.32 bits per heavy atom. The van der Waals surface area contributed by atoms with Gasteiger partial charge >= 0.3 is 0 Å². The van der Waals surface area contributed by atoms with E-state index in [9.17, 15) is 8.42 Å². The van der Waals surface area contributed by atoms with Gasteiger partial charge in [-0.1, -0.05) is 49.4 Å². The van der Waals surface area contributed by atoms with Gasteiger partial charge in [0.15, 0.2) is 5.96 Å². The lowest BCUT2D eigenvalue weighted by molar-refractivity contribution is 0.0931. The summed E-state index contributed by atoms with van der Waals surface area (Å²) in [4.78, 5) is 4.83. The van der Waals surface area contributed by atoms with Crippen molar-refractivity contribution in [2.45, 2.75) is 31.9 Å². The average molecular weight is 561 g/mol. The molecule has 7 nitrogen and oxygen atoms in total. The molecule has 0 aromatic heterocycles. The number of guanidine groups is 1. The van der Waals surface area contributed by atoms with Crippen molar-refractivity contribution in [1.82, 2.24) is 15.4 Å². The summed E-state index contributed by atoms with van der Waals surface area (Å²) in [6.07, 6.45) is 0. The fourth-order valence-corrected chi connectivity index (χ4v) is 3.42. The summed E-state index contributed by atoms with van der Waals surface area (Å²) in [6.45, 7) is 7.35. The van der Waals surface area contributed by atoms with Gasteiger partial charge in [0.05, 0.1) is 24.7 Å². The van der Waals surface area contributed by atoms with Crippen molar-refractivity contribution in [2.24, 2.45) is 10.9 Å². The Kier molecular flexibility index (Phi) is 12.7. The van der Waals surface area contributed by atoms with Gasteiger partial charge in [-0.05, 0) is 43.1 Å². The van der Waals surface area contributed by atoms with Gasteiger partial charge in [0.2, 0.25) is 10.0 Å². The van der Waals surface area contributed by atoms with Crippen LogP contribution in [0.5, 0.6) is 0 Å². The molecule has 1 atom stereocenters. The van der Waals surface area contributed by atoms with Crippen LogP contribution < -0.4 is 15.4 Å². The Morgan fingerprint density at radius 2 is 1.71 bits per heavy atom. The largest absolute Gasteiger partial charge is 0.376 e. The van der Waals surface area contributed by atoms with E-state index in [0.717, 1.165) is 24.6 Å². The van der Waals surface area contributed by atoms with Crippen molar-refractivity contribution in [1.29, 1.82) is 0 Å². The van der Waals surface area contributed by atoms with Crippen molar-refractivity contribution in [3.8, 4) is 0 Å². The van der Waals surface area contributed by atoms with E-state index in [1.807, 2.05) is 25.1 Å². The van der Waals surface area contributed by atoms with Crippen LogP contribution in [-0.4, -0.2) is 41.1 Å². The third-order valence-electron chi connectivity index (χ3n) is 4.40. The summed E-state index contributed by atoms with van der Waals surface area (Å²) in [5.74, 6) is 1.04. The molecule has 0 aliphatic carbocycles. The highest BCUT2D eigenvalue weighted by Crippen LogP contribution is 2.11. The lowest BCUT2D eigenvalue weighted by Gasteiger charge is -2.16. The minimum atomic E-state index is -3.42. The van der Waals surface area contributed by atoms with Crippen LogP contribution in [0, 0.1) is 5.92 Å². The minimum Gasteiger partial charge on any atom is -0.376 e. The molecule has 0 fully saturated rings. The molecule has 0 aliphatic heterocycles. The molecule has 0 bridgehead atoms. The first-order valence-corrected chi connectivity index (χ1v) is 11.6. The zero-order chi connectivity index (χ0) is 21.8.